The van der Waals surface area contributed by atoms with Crippen molar-refractivity contribution in [3.05, 3.63) is 47.3 Å². The lowest BCUT2D eigenvalue weighted by Gasteiger charge is -2.08. The van der Waals surface area contributed by atoms with E-state index < -0.39 is 5.91 Å². The van der Waals surface area contributed by atoms with E-state index in [-0.39, 0.29) is 23.7 Å². The first-order valence-electron chi connectivity index (χ1n) is 7.34. The number of nitrogens with two attached hydrogens (primary N) is 1. The van der Waals surface area contributed by atoms with Crippen molar-refractivity contribution in [2.45, 2.75) is 0 Å². The zero-order valence-corrected chi connectivity index (χ0v) is 15.7. The Labute approximate surface area is 160 Å². The normalized spacial score (nSPS) is 10.1. The van der Waals surface area contributed by atoms with Gasteiger partial charge >= 0.3 is 0 Å². The first-order valence-corrected chi connectivity index (χ1v) is 8.22. The number of primary amides is 1. The molecule has 1 heterocycles. The molecule has 3 rings (SSSR count). The number of hydrogen-bond acceptors (Lipinski definition) is 6. The van der Waals surface area contributed by atoms with Crippen molar-refractivity contribution in [1.82, 2.24) is 4.98 Å². The molecule has 26 heavy (non-hydrogen) atoms. The van der Waals surface area contributed by atoms with E-state index in [9.17, 15) is 9.90 Å². The van der Waals surface area contributed by atoms with Crippen LogP contribution in [0.5, 0.6) is 17.2 Å². The maximum Gasteiger partial charge on any atom is 0.252 e. The van der Waals surface area contributed by atoms with Gasteiger partial charge in [-0.3, -0.25) is 4.79 Å². The summed E-state index contributed by atoms with van der Waals surface area (Å²) in [5, 5.41) is 12.4. The van der Waals surface area contributed by atoms with Crippen molar-refractivity contribution in [3.8, 4) is 39.1 Å². The van der Waals surface area contributed by atoms with E-state index in [2.05, 4.69) is 4.98 Å². The Kier molecular flexibility index (Phi) is 6.07. The maximum atomic E-state index is 11.4. The van der Waals surface area contributed by atoms with Gasteiger partial charge in [0.15, 0.2) is 11.5 Å². The molecule has 0 atom stereocenters. The van der Waals surface area contributed by atoms with Crippen LogP contribution in [0.4, 0.5) is 0 Å². The number of rotatable bonds is 5. The fourth-order valence-corrected chi connectivity index (χ4v) is 3.23. The Bertz CT molecular complexity index is 943. The molecule has 0 radical (unpaired) electrons. The van der Waals surface area contributed by atoms with Gasteiger partial charge in [0.05, 0.1) is 25.5 Å². The number of hydrogen-bond donors (Lipinski definition) is 2. The van der Waals surface area contributed by atoms with E-state index in [4.69, 9.17) is 15.2 Å². The Morgan fingerprint density at radius 2 is 1.77 bits per heavy atom. The molecule has 0 unspecified atom stereocenters. The third-order valence-electron chi connectivity index (χ3n) is 3.69. The predicted molar refractivity (Wildman–Crippen MR) is 104 cm³/mol. The molecule has 3 aromatic rings. The summed E-state index contributed by atoms with van der Waals surface area (Å²) in [5.41, 5.74) is 7.63. The SMILES string of the molecule is COc1ccc(-c2nc(-c3ccc(O)c(C(N)=O)c3)cs2)cc1OC.Cl. The molecule has 2 aromatic carbocycles. The monoisotopic (exact) mass is 392 g/mol. The van der Waals surface area contributed by atoms with E-state index in [1.165, 1.54) is 23.5 Å². The number of thiazole rings is 1. The number of carbonyl (C=O) groups is 1. The maximum absolute atomic E-state index is 11.4. The number of aromatic nitrogens is 1. The van der Waals surface area contributed by atoms with Crippen molar-refractivity contribution in [2.75, 3.05) is 14.2 Å². The van der Waals surface area contributed by atoms with Crippen molar-refractivity contribution >= 4 is 29.7 Å². The Morgan fingerprint density at radius 3 is 2.42 bits per heavy atom. The molecular formula is C18H17ClN2O4S. The van der Waals surface area contributed by atoms with Crippen molar-refractivity contribution in [2.24, 2.45) is 5.73 Å². The van der Waals surface area contributed by atoms with Gasteiger partial charge in [-0.05, 0) is 36.4 Å². The Morgan fingerprint density at radius 1 is 1.08 bits per heavy atom. The molecule has 1 aromatic heterocycles. The lowest BCUT2D eigenvalue weighted by molar-refractivity contribution is 0.0998. The number of ether oxygens (including phenoxy) is 2. The molecule has 0 saturated carbocycles. The molecule has 0 spiro atoms. The third kappa shape index (κ3) is 3.74. The number of halogens is 1. The molecule has 0 aliphatic heterocycles. The summed E-state index contributed by atoms with van der Waals surface area (Å²) >= 11 is 1.46. The molecule has 0 bridgehead atoms. The Balaban J connectivity index is 0.00000243. The topological polar surface area (TPSA) is 94.7 Å². The van der Waals surface area contributed by atoms with Gasteiger partial charge in [0, 0.05) is 16.5 Å². The molecule has 0 fully saturated rings. The van der Waals surface area contributed by atoms with Gasteiger partial charge in [-0.2, -0.15) is 0 Å². The van der Waals surface area contributed by atoms with Gasteiger partial charge in [0.25, 0.3) is 5.91 Å². The van der Waals surface area contributed by atoms with Crippen LogP contribution >= 0.6 is 23.7 Å². The highest BCUT2D eigenvalue weighted by atomic mass is 35.5. The highest BCUT2D eigenvalue weighted by molar-refractivity contribution is 7.13. The van der Waals surface area contributed by atoms with Gasteiger partial charge in [0.2, 0.25) is 0 Å². The predicted octanol–water partition coefficient (Wildman–Crippen LogP) is 3.72. The minimum Gasteiger partial charge on any atom is -0.507 e. The van der Waals surface area contributed by atoms with Crippen LogP contribution < -0.4 is 15.2 Å². The van der Waals surface area contributed by atoms with Gasteiger partial charge in [-0.1, -0.05) is 0 Å². The fourth-order valence-electron chi connectivity index (χ4n) is 2.40. The molecule has 136 valence electrons. The van der Waals surface area contributed by atoms with E-state index in [1.807, 2.05) is 23.6 Å². The summed E-state index contributed by atoms with van der Waals surface area (Å²) in [5.74, 6) is 0.436. The molecule has 6 nitrogen and oxygen atoms in total. The van der Waals surface area contributed by atoms with Crippen LogP contribution in [0, 0.1) is 0 Å². The van der Waals surface area contributed by atoms with E-state index >= 15 is 0 Å². The lowest BCUT2D eigenvalue weighted by atomic mass is 10.1. The zero-order valence-electron chi connectivity index (χ0n) is 14.1. The van der Waals surface area contributed by atoms with Crippen LogP contribution in [-0.2, 0) is 0 Å². The van der Waals surface area contributed by atoms with Gasteiger partial charge in [-0.15, -0.1) is 23.7 Å². The minimum atomic E-state index is -0.685. The van der Waals surface area contributed by atoms with Crippen LogP contribution in [0.3, 0.4) is 0 Å². The summed E-state index contributed by atoms with van der Waals surface area (Å²) < 4.78 is 10.6. The van der Waals surface area contributed by atoms with E-state index in [1.54, 1.807) is 20.3 Å². The molecule has 0 aliphatic carbocycles. The number of methoxy groups -OCH3 is 2. The lowest BCUT2D eigenvalue weighted by Crippen LogP contribution is -2.11. The van der Waals surface area contributed by atoms with E-state index in [0.29, 0.717) is 22.8 Å². The third-order valence-corrected chi connectivity index (χ3v) is 4.58. The smallest absolute Gasteiger partial charge is 0.252 e. The largest absolute Gasteiger partial charge is 0.507 e. The zero-order chi connectivity index (χ0) is 18.0. The highest BCUT2D eigenvalue weighted by Gasteiger charge is 2.13. The number of phenols is 1. The molecule has 0 aliphatic rings. The van der Waals surface area contributed by atoms with Gasteiger partial charge in [-0.25, -0.2) is 4.98 Å². The summed E-state index contributed by atoms with van der Waals surface area (Å²) in [6.07, 6.45) is 0. The van der Waals surface area contributed by atoms with Gasteiger partial charge < -0.3 is 20.3 Å². The summed E-state index contributed by atoms with van der Waals surface area (Å²) in [6.45, 7) is 0. The number of nitrogens with zero attached hydrogens (tertiary/aromatic N) is 1. The van der Waals surface area contributed by atoms with E-state index in [0.717, 1.165) is 10.6 Å². The molecule has 3 N–H and O–H groups in total. The quantitative estimate of drug-likeness (QED) is 0.690. The molecule has 8 heteroatoms. The standard InChI is InChI=1S/C18H16N2O4S.ClH/c1-23-15-6-4-11(8-16(15)24-2)18-20-13(9-25-18)10-3-5-14(21)12(7-10)17(19)22;/h3-9,21H,1-2H3,(H2,19,22);1H. The average Bonchev–Trinajstić information content (AvgIpc) is 3.11. The van der Waals surface area contributed by atoms with Crippen LogP contribution in [0.15, 0.2) is 41.8 Å². The molecule has 0 saturated heterocycles. The van der Waals surface area contributed by atoms with Crippen molar-refractivity contribution < 1.29 is 19.4 Å². The second kappa shape index (κ2) is 8.07. The summed E-state index contributed by atoms with van der Waals surface area (Å²) in [7, 11) is 3.16. The van der Waals surface area contributed by atoms with Crippen LogP contribution in [0.2, 0.25) is 0 Å². The average molecular weight is 393 g/mol. The first kappa shape index (κ1) is 19.6. The van der Waals surface area contributed by atoms with Crippen molar-refractivity contribution in [1.29, 1.82) is 0 Å². The Hall–Kier alpha value is -2.77. The summed E-state index contributed by atoms with van der Waals surface area (Å²) in [4.78, 5) is 16.0. The molecular weight excluding hydrogens is 376 g/mol. The number of benzene rings is 2. The number of aromatic hydroxyl groups is 1. The highest BCUT2D eigenvalue weighted by Crippen LogP contribution is 2.35. The minimum absolute atomic E-state index is 0. The van der Waals surface area contributed by atoms with Crippen LogP contribution in [-0.4, -0.2) is 30.2 Å². The molecule has 1 amide bonds. The second-order valence-electron chi connectivity index (χ2n) is 5.20. The first-order chi connectivity index (χ1) is 12.0. The van der Waals surface area contributed by atoms with Gasteiger partial charge in [0.1, 0.15) is 10.8 Å². The van der Waals surface area contributed by atoms with Crippen molar-refractivity contribution in [3.63, 3.8) is 0 Å². The van der Waals surface area contributed by atoms with Crippen LogP contribution in [0.1, 0.15) is 10.4 Å². The summed E-state index contributed by atoms with van der Waals surface area (Å²) in [6, 6.07) is 10.2. The van der Waals surface area contributed by atoms with Crippen LogP contribution in [0.25, 0.3) is 21.8 Å². The fraction of sp³-hybridized carbons (Fsp3) is 0.111. The number of amides is 1. The second-order valence-corrected chi connectivity index (χ2v) is 6.06. The number of carbonyl (C=O) groups excluding carboxylic acids is 1.